The Morgan fingerprint density at radius 2 is 2.08 bits per heavy atom. The van der Waals surface area contributed by atoms with Gasteiger partial charge in [-0.25, -0.2) is 0 Å². The van der Waals surface area contributed by atoms with Crippen LogP contribution in [0.4, 0.5) is 0 Å². The van der Waals surface area contributed by atoms with E-state index in [9.17, 15) is 4.79 Å². The van der Waals surface area contributed by atoms with Gasteiger partial charge in [-0.15, -0.1) is 0 Å². The highest BCUT2D eigenvalue weighted by Gasteiger charge is 2.13. The van der Waals surface area contributed by atoms with E-state index in [4.69, 9.17) is 9.84 Å². The van der Waals surface area contributed by atoms with Gasteiger partial charge in [0.25, 0.3) is 0 Å². The number of benzene rings is 1. The molecule has 1 atom stereocenters. The van der Waals surface area contributed by atoms with Crippen LogP contribution in [0, 0.1) is 0 Å². The largest absolute Gasteiger partial charge is 0.481 e. The van der Waals surface area contributed by atoms with Crippen molar-refractivity contribution < 1.29 is 14.6 Å². The van der Waals surface area contributed by atoms with Crippen molar-refractivity contribution in [1.29, 1.82) is 0 Å². The minimum atomic E-state index is -0.851. The summed E-state index contributed by atoms with van der Waals surface area (Å²) in [6, 6.07) is 9.33. The van der Waals surface area contributed by atoms with Crippen LogP contribution in [0.5, 0.6) is 0 Å². The Morgan fingerprint density at radius 1 is 1.46 bits per heavy atom. The Kier molecular flexibility index (Phi) is 3.46. The minimum Gasteiger partial charge on any atom is -0.481 e. The topological polar surface area (TPSA) is 46.5 Å². The van der Waals surface area contributed by atoms with Gasteiger partial charge in [-0.3, -0.25) is 4.79 Å². The molecular formula is C10H12O3. The second kappa shape index (κ2) is 4.62. The smallest absolute Gasteiger partial charge is 0.306 e. The number of ether oxygens (including phenoxy) is 1. The highest BCUT2D eigenvalue weighted by atomic mass is 16.5. The summed E-state index contributed by atoms with van der Waals surface area (Å²) in [5.41, 5.74) is 0.896. The number of aliphatic carboxylic acids is 1. The van der Waals surface area contributed by atoms with Gasteiger partial charge in [-0.1, -0.05) is 30.3 Å². The first kappa shape index (κ1) is 9.74. The average molecular weight is 180 g/mol. The van der Waals surface area contributed by atoms with Gasteiger partial charge in [0, 0.05) is 7.11 Å². The molecule has 0 aliphatic rings. The van der Waals surface area contributed by atoms with E-state index in [1.165, 1.54) is 7.11 Å². The fraction of sp³-hybridized carbons (Fsp3) is 0.300. The van der Waals surface area contributed by atoms with Gasteiger partial charge < -0.3 is 9.84 Å². The van der Waals surface area contributed by atoms with Crippen molar-refractivity contribution in [1.82, 2.24) is 0 Å². The summed E-state index contributed by atoms with van der Waals surface area (Å²) in [6.07, 6.45) is -0.348. The summed E-state index contributed by atoms with van der Waals surface area (Å²) < 4.78 is 5.07. The predicted octanol–water partition coefficient (Wildman–Crippen LogP) is 1.85. The van der Waals surface area contributed by atoms with Crippen LogP contribution in [0.1, 0.15) is 18.1 Å². The number of carbonyl (C=O) groups is 1. The van der Waals surface area contributed by atoms with Crippen LogP contribution in [0.3, 0.4) is 0 Å². The molecule has 0 spiro atoms. The van der Waals surface area contributed by atoms with E-state index in [2.05, 4.69) is 0 Å². The van der Waals surface area contributed by atoms with Crippen LogP contribution in [0.25, 0.3) is 0 Å². The first-order valence-corrected chi connectivity index (χ1v) is 4.03. The van der Waals surface area contributed by atoms with Gasteiger partial charge in [-0.05, 0) is 5.56 Å². The number of carboxylic acid groups (broad SMARTS) is 1. The summed E-state index contributed by atoms with van der Waals surface area (Å²) in [5, 5.41) is 8.60. The Morgan fingerprint density at radius 3 is 2.54 bits per heavy atom. The zero-order valence-electron chi connectivity index (χ0n) is 7.43. The SMILES string of the molecule is CO[C@H](CC(=O)O)c1ccccc1. The standard InChI is InChI=1S/C10H12O3/c1-13-9(7-10(11)12)8-5-3-2-4-6-8/h2-6,9H,7H2,1H3,(H,11,12)/t9-/m1/s1. The Balaban J connectivity index is 2.73. The van der Waals surface area contributed by atoms with E-state index in [-0.39, 0.29) is 12.5 Å². The molecule has 0 radical (unpaired) electrons. The molecule has 1 rings (SSSR count). The van der Waals surface area contributed by atoms with Crippen molar-refractivity contribution in [3.05, 3.63) is 35.9 Å². The Bertz CT molecular complexity index is 269. The third kappa shape index (κ3) is 2.87. The molecule has 0 aliphatic carbocycles. The third-order valence-electron chi connectivity index (χ3n) is 1.82. The van der Waals surface area contributed by atoms with E-state index in [0.29, 0.717) is 0 Å². The predicted molar refractivity (Wildman–Crippen MR) is 48.4 cm³/mol. The third-order valence-corrected chi connectivity index (χ3v) is 1.82. The van der Waals surface area contributed by atoms with Crippen LogP contribution in [0.2, 0.25) is 0 Å². The summed E-state index contributed by atoms with van der Waals surface area (Å²) in [4.78, 5) is 10.5. The molecular weight excluding hydrogens is 168 g/mol. The zero-order chi connectivity index (χ0) is 9.68. The Hall–Kier alpha value is -1.35. The lowest BCUT2D eigenvalue weighted by Crippen LogP contribution is -2.07. The quantitative estimate of drug-likeness (QED) is 0.769. The number of hydrogen-bond acceptors (Lipinski definition) is 2. The molecule has 3 nitrogen and oxygen atoms in total. The molecule has 0 fully saturated rings. The van der Waals surface area contributed by atoms with Crippen LogP contribution in [-0.4, -0.2) is 18.2 Å². The van der Waals surface area contributed by atoms with Crippen molar-refractivity contribution in [3.63, 3.8) is 0 Å². The number of carboxylic acids is 1. The summed E-state index contributed by atoms with van der Waals surface area (Å²) in [6.45, 7) is 0. The summed E-state index contributed by atoms with van der Waals surface area (Å²) >= 11 is 0. The van der Waals surface area contributed by atoms with Crippen molar-refractivity contribution in [2.45, 2.75) is 12.5 Å². The van der Waals surface area contributed by atoms with E-state index in [1.54, 1.807) is 0 Å². The molecule has 70 valence electrons. The molecule has 0 heterocycles. The van der Waals surface area contributed by atoms with Crippen LogP contribution in [0.15, 0.2) is 30.3 Å². The number of methoxy groups -OCH3 is 1. The van der Waals surface area contributed by atoms with Crippen molar-refractivity contribution in [3.8, 4) is 0 Å². The van der Waals surface area contributed by atoms with Gasteiger partial charge in [0.05, 0.1) is 12.5 Å². The maximum atomic E-state index is 10.5. The summed E-state index contributed by atoms with van der Waals surface area (Å²) in [5.74, 6) is -0.851. The summed E-state index contributed by atoms with van der Waals surface area (Å²) in [7, 11) is 1.51. The lowest BCUT2D eigenvalue weighted by Gasteiger charge is -2.12. The number of rotatable bonds is 4. The molecule has 1 aromatic carbocycles. The van der Waals surface area contributed by atoms with E-state index in [1.807, 2.05) is 30.3 Å². The van der Waals surface area contributed by atoms with E-state index >= 15 is 0 Å². The van der Waals surface area contributed by atoms with Crippen LogP contribution in [-0.2, 0) is 9.53 Å². The fourth-order valence-electron chi connectivity index (χ4n) is 1.16. The van der Waals surface area contributed by atoms with Crippen molar-refractivity contribution in [2.75, 3.05) is 7.11 Å². The molecule has 0 saturated heterocycles. The van der Waals surface area contributed by atoms with E-state index < -0.39 is 5.97 Å². The Labute approximate surface area is 77.0 Å². The maximum Gasteiger partial charge on any atom is 0.306 e. The molecule has 0 amide bonds. The van der Waals surface area contributed by atoms with E-state index in [0.717, 1.165) is 5.56 Å². The molecule has 0 bridgehead atoms. The first-order valence-electron chi connectivity index (χ1n) is 4.03. The van der Waals surface area contributed by atoms with Gasteiger partial charge in [-0.2, -0.15) is 0 Å². The van der Waals surface area contributed by atoms with Crippen molar-refractivity contribution >= 4 is 5.97 Å². The normalized spacial score (nSPS) is 12.4. The fourth-order valence-corrected chi connectivity index (χ4v) is 1.16. The lowest BCUT2D eigenvalue weighted by molar-refractivity contribution is -0.139. The van der Waals surface area contributed by atoms with Gasteiger partial charge >= 0.3 is 5.97 Å². The van der Waals surface area contributed by atoms with Crippen molar-refractivity contribution in [2.24, 2.45) is 0 Å². The minimum absolute atomic E-state index is 0.000509. The molecule has 0 aromatic heterocycles. The van der Waals surface area contributed by atoms with Crippen LogP contribution >= 0.6 is 0 Å². The highest BCUT2D eigenvalue weighted by molar-refractivity contribution is 5.67. The molecule has 13 heavy (non-hydrogen) atoms. The van der Waals surface area contributed by atoms with Crippen LogP contribution < -0.4 is 0 Å². The second-order valence-corrected chi connectivity index (χ2v) is 2.73. The molecule has 3 heteroatoms. The molecule has 1 aromatic rings. The molecule has 0 aliphatic heterocycles. The van der Waals surface area contributed by atoms with Gasteiger partial charge in [0.1, 0.15) is 0 Å². The first-order chi connectivity index (χ1) is 6.24. The molecule has 0 unspecified atom stereocenters. The van der Waals surface area contributed by atoms with Gasteiger partial charge in [0.2, 0.25) is 0 Å². The lowest BCUT2D eigenvalue weighted by atomic mass is 10.1. The monoisotopic (exact) mass is 180 g/mol. The average Bonchev–Trinajstić information content (AvgIpc) is 2.15. The molecule has 0 saturated carbocycles. The number of hydrogen-bond donors (Lipinski definition) is 1. The molecule has 1 N–H and O–H groups in total. The second-order valence-electron chi connectivity index (χ2n) is 2.73. The maximum absolute atomic E-state index is 10.5. The highest BCUT2D eigenvalue weighted by Crippen LogP contribution is 2.19. The van der Waals surface area contributed by atoms with Gasteiger partial charge in [0.15, 0.2) is 0 Å². The zero-order valence-corrected chi connectivity index (χ0v) is 7.43.